The Morgan fingerprint density at radius 2 is 1.72 bits per heavy atom. The van der Waals surface area contributed by atoms with Crippen molar-refractivity contribution in [3.8, 4) is 0 Å². The Morgan fingerprint density at radius 3 is 2.39 bits per heavy atom. The number of nitrogens with one attached hydrogen (secondary N) is 4. The summed E-state index contributed by atoms with van der Waals surface area (Å²) < 4.78 is 66.9. The number of para-hydroxylation sites is 1. The number of aromatic amines is 1. The molecule has 2 aromatic carbocycles. The third-order valence-corrected chi connectivity index (χ3v) is 10.2. The highest BCUT2D eigenvalue weighted by Crippen LogP contribution is 2.40. The lowest BCUT2D eigenvalue weighted by Crippen LogP contribution is -2.65. The minimum atomic E-state index is -4.66. The van der Waals surface area contributed by atoms with Crippen LogP contribution in [0.5, 0.6) is 0 Å². The van der Waals surface area contributed by atoms with E-state index in [1.54, 1.807) is 19.9 Å². The van der Waals surface area contributed by atoms with Gasteiger partial charge in [-0.15, -0.1) is 0 Å². The molecule has 4 N–H and O–H groups in total. The number of hydrogen-bond donors (Lipinski definition) is 4. The Morgan fingerprint density at radius 1 is 1.00 bits per heavy atom. The lowest BCUT2D eigenvalue weighted by Gasteiger charge is -2.39. The SMILES string of the molecule is CCOC(=O)c1noc([C@@H](NC(=O)[C@@]2(NC(=O)[C@H](NC(=O)Cc3ccccc3F)C(C)CC)CCc3[nH]c4c(C(F)(F)F)cccc4c3C2)C(C)CC)n1. The molecule has 0 aliphatic heterocycles. The fraction of sp³-hybridized carbons (Fsp3) is 0.474. The van der Waals surface area contributed by atoms with Crippen LogP contribution in [0.4, 0.5) is 17.6 Å². The van der Waals surface area contributed by atoms with Crippen LogP contribution in [-0.4, -0.2) is 57.0 Å². The van der Waals surface area contributed by atoms with Crippen molar-refractivity contribution in [2.75, 3.05) is 6.61 Å². The van der Waals surface area contributed by atoms with Gasteiger partial charge in [0.15, 0.2) is 0 Å². The summed E-state index contributed by atoms with van der Waals surface area (Å²) in [5.41, 5.74) is -1.70. The van der Waals surface area contributed by atoms with E-state index < -0.39 is 64.8 Å². The molecule has 2 aromatic heterocycles. The van der Waals surface area contributed by atoms with Crippen LogP contribution in [0.3, 0.4) is 0 Å². The summed E-state index contributed by atoms with van der Waals surface area (Å²) in [6.07, 6.45) is -4.19. The van der Waals surface area contributed by atoms with E-state index in [1.165, 1.54) is 30.3 Å². The van der Waals surface area contributed by atoms with E-state index in [2.05, 4.69) is 31.1 Å². The first kappa shape index (κ1) is 39.9. The number of amides is 3. The maximum Gasteiger partial charge on any atom is 0.418 e. The second kappa shape index (κ2) is 16.4. The first-order valence-corrected chi connectivity index (χ1v) is 18.0. The van der Waals surface area contributed by atoms with Gasteiger partial charge in [0.25, 0.3) is 5.82 Å². The summed E-state index contributed by atoms with van der Waals surface area (Å²) in [6, 6.07) is 7.45. The molecular formula is C38H44F4N6O6. The van der Waals surface area contributed by atoms with Gasteiger partial charge in [0.05, 0.1) is 24.1 Å². The first-order chi connectivity index (χ1) is 25.6. The van der Waals surface area contributed by atoms with Gasteiger partial charge < -0.3 is 30.2 Å². The van der Waals surface area contributed by atoms with Crippen LogP contribution >= 0.6 is 0 Å². The number of alkyl halides is 3. The maximum absolute atomic E-state index is 14.7. The Bertz CT molecular complexity index is 2010. The molecule has 0 fully saturated rings. The summed E-state index contributed by atoms with van der Waals surface area (Å²) in [5.74, 6) is -4.62. The van der Waals surface area contributed by atoms with E-state index in [-0.39, 0.29) is 66.4 Å². The molecule has 16 heteroatoms. The smallest absolute Gasteiger partial charge is 0.418 e. The number of esters is 1. The van der Waals surface area contributed by atoms with E-state index in [1.807, 2.05) is 20.8 Å². The average Bonchev–Trinajstić information content (AvgIpc) is 3.78. The number of carbonyl (C=O) groups excluding carboxylic acids is 4. The fourth-order valence-electron chi connectivity index (χ4n) is 6.72. The largest absolute Gasteiger partial charge is 0.460 e. The van der Waals surface area contributed by atoms with Crippen molar-refractivity contribution in [2.24, 2.45) is 11.8 Å². The molecule has 0 bridgehead atoms. The molecule has 4 aromatic rings. The second-order valence-corrected chi connectivity index (χ2v) is 13.8. The molecule has 5 rings (SSSR count). The van der Waals surface area contributed by atoms with Crippen LogP contribution in [0, 0.1) is 17.7 Å². The molecule has 0 spiro atoms. The lowest BCUT2D eigenvalue weighted by atomic mass is 9.78. The van der Waals surface area contributed by atoms with Gasteiger partial charge in [0.1, 0.15) is 23.4 Å². The van der Waals surface area contributed by atoms with Crippen LogP contribution in [0.1, 0.15) is 98.8 Å². The van der Waals surface area contributed by atoms with Gasteiger partial charge in [0, 0.05) is 17.5 Å². The predicted octanol–water partition coefficient (Wildman–Crippen LogP) is 5.91. The predicted molar refractivity (Wildman–Crippen MR) is 188 cm³/mol. The topological polar surface area (TPSA) is 168 Å². The highest BCUT2D eigenvalue weighted by Gasteiger charge is 2.47. The number of benzene rings is 2. The van der Waals surface area contributed by atoms with Crippen molar-refractivity contribution in [1.29, 1.82) is 0 Å². The van der Waals surface area contributed by atoms with Crippen molar-refractivity contribution in [3.05, 3.63) is 82.4 Å². The molecule has 12 nitrogen and oxygen atoms in total. The minimum Gasteiger partial charge on any atom is -0.460 e. The molecule has 0 saturated carbocycles. The zero-order valence-corrected chi connectivity index (χ0v) is 30.7. The number of aromatic nitrogens is 3. The molecule has 5 atom stereocenters. The number of halogens is 4. The molecule has 54 heavy (non-hydrogen) atoms. The molecular weight excluding hydrogens is 712 g/mol. The number of nitrogens with zero attached hydrogens (tertiary/aromatic N) is 2. The maximum atomic E-state index is 14.7. The number of ether oxygens (including phenoxy) is 1. The summed E-state index contributed by atoms with van der Waals surface area (Å²) in [4.78, 5) is 61.7. The van der Waals surface area contributed by atoms with Crippen molar-refractivity contribution in [3.63, 3.8) is 0 Å². The minimum absolute atomic E-state index is 0.0344. The Labute approximate surface area is 309 Å². The number of H-pyrrole nitrogens is 1. The molecule has 2 heterocycles. The zero-order valence-electron chi connectivity index (χ0n) is 30.7. The normalized spacial score (nSPS) is 17.9. The van der Waals surface area contributed by atoms with E-state index >= 15 is 0 Å². The van der Waals surface area contributed by atoms with Crippen molar-refractivity contribution in [2.45, 2.75) is 96.9 Å². The molecule has 0 radical (unpaired) electrons. The summed E-state index contributed by atoms with van der Waals surface area (Å²) in [5, 5.41) is 12.5. The fourth-order valence-corrected chi connectivity index (χ4v) is 6.72. The van der Waals surface area contributed by atoms with Crippen molar-refractivity contribution in [1.82, 2.24) is 31.1 Å². The van der Waals surface area contributed by atoms with Gasteiger partial charge in [0.2, 0.25) is 23.6 Å². The van der Waals surface area contributed by atoms with Crippen LogP contribution < -0.4 is 16.0 Å². The quantitative estimate of drug-likeness (QED) is 0.0911. The highest BCUT2D eigenvalue weighted by atomic mass is 19.4. The Kier molecular flexibility index (Phi) is 12.1. The van der Waals surface area contributed by atoms with E-state index in [4.69, 9.17) is 9.26 Å². The average molecular weight is 757 g/mol. The van der Waals surface area contributed by atoms with Gasteiger partial charge in [-0.3, -0.25) is 14.4 Å². The van der Waals surface area contributed by atoms with E-state index in [9.17, 15) is 36.7 Å². The summed E-state index contributed by atoms with van der Waals surface area (Å²) in [7, 11) is 0. The molecule has 0 saturated heterocycles. The third kappa shape index (κ3) is 8.42. The summed E-state index contributed by atoms with van der Waals surface area (Å²) >= 11 is 0. The van der Waals surface area contributed by atoms with Gasteiger partial charge >= 0.3 is 12.1 Å². The Balaban J connectivity index is 1.53. The Hall–Kier alpha value is -5.28. The lowest BCUT2D eigenvalue weighted by molar-refractivity contribution is -0.137. The van der Waals surface area contributed by atoms with Crippen LogP contribution in [-0.2, 0) is 44.6 Å². The number of hydrogen-bond acceptors (Lipinski definition) is 8. The van der Waals surface area contributed by atoms with Crippen LogP contribution in [0.2, 0.25) is 0 Å². The second-order valence-electron chi connectivity index (χ2n) is 13.8. The van der Waals surface area contributed by atoms with Crippen LogP contribution in [0.25, 0.3) is 10.9 Å². The highest BCUT2D eigenvalue weighted by molar-refractivity contribution is 5.97. The number of aryl methyl sites for hydroxylation is 1. The van der Waals surface area contributed by atoms with Gasteiger partial charge in [-0.25, -0.2) is 9.18 Å². The monoisotopic (exact) mass is 756 g/mol. The van der Waals surface area contributed by atoms with Crippen LogP contribution in [0.15, 0.2) is 47.0 Å². The molecule has 290 valence electrons. The first-order valence-electron chi connectivity index (χ1n) is 18.0. The van der Waals surface area contributed by atoms with Crippen molar-refractivity contribution >= 4 is 34.6 Å². The molecule has 1 aliphatic rings. The third-order valence-electron chi connectivity index (χ3n) is 10.2. The number of carbonyl (C=O) groups is 4. The summed E-state index contributed by atoms with van der Waals surface area (Å²) in [6.45, 7) is 8.92. The van der Waals surface area contributed by atoms with E-state index in [0.29, 0.717) is 24.1 Å². The molecule has 2 unspecified atom stereocenters. The number of fused-ring (bicyclic) bond motifs is 3. The van der Waals surface area contributed by atoms with Crippen molar-refractivity contribution < 1.29 is 46.0 Å². The zero-order chi connectivity index (χ0) is 39.4. The number of rotatable bonds is 14. The van der Waals surface area contributed by atoms with Gasteiger partial charge in [-0.1, -0.05) is 70.9 Å². The van der Waals surface area contributed by atoms with E-state index in [0.717, 1.165) is 6.07 Å². The van der Waals surface area contributed by atoms with Gasteiger partial charge in [-0.05, 0) is 60.0 Å². The van der Waals surface area contributed by atoms with Gasteiger partial charge in [-0.2, -0.15) is 18.2 Å². The molecule has 1 aliphatic carbocycles. The molecule has 3 amide bonds. The standard InChI is InChI=1S/C38H44F4N6O6/c1-6-20(4)29(44-28(49)18-22-12-9-10-15-26(22)39)33(50)47-37(17-16-27-24(19-37)23-13-11-14-25(31(23)43-27)38(40,41)42)36(52)45-30(21(5)7-2)34-46-32(48-54-34)35(51)53-8-3/h9-15,20-21,29-30,43H,6-8,16-19H2,1-5H3,(H,44,49)(H,45,52)(H,47,50)/t20?,21?,29-,30+,37-/m1/s1.